The molecule has 21 heavy (non-hydrogen) atoms. The molecule has 0 spiro atoms. The second-order valence-corrected chi connectivity index (χ2v) is 4.81. The van der Waals surface area contributed by atoms with Gasteiger partial charge in [0.15, 0.2) is 0 Å². The number of carbonyl (C=O) groups excluding carboxylic acids is 1. The van der Waals surface area contributed by atoms with Gasteiger partial charge in [0, 0.05) is 12.7 Å². The Kier molecular flexibility index (Phi) is 5.05. The van der Waals surface area contributed by atoms with Gasteiger partial charge < -0.3 is 15.2 Å². The maximum absolute atomic E-state index is 13.9. The van der Waals surface area contributed by atoms with Gasteiger partial charge in [-0.15, -0.1) is 0 Å². The highest BCUT2D eigenvalue weighted by Crippen LogP contribution is 2.20. The van der Waals surface area contributed by atoms with Crippen LogP contribution in [0.3, 0.4) is 0 Å². The molecule has 0 saturated carbocycles. The van der Waals surface area contributed by atoms with Crippen molar-refractivity contribution in [1.29, 1.82) is 0 Å². The lowest BCUT2D eigenvalue weighted by Gasteiger charge is -2.21. The van der Waals surface area contributed by atoms with Crippen molar-refractivity contribution in [1.82, 2.24) is 0 Å². The van der Waals surface area contributed by atoms with Crippen molar-refractivity contribution in [2.45, 2.75) is 12.8 Å². The van der Waals surface area contributed by atoms with E-state index in [0.29, 0.717) is 18.8 Å². The highest BCUT2D eigenvalue weighted by molar-refractivity contribution is 5.93. The van der Waals surface area contributed by atoms with Crippen LogP contribution in [0.4, 0.5) is 10.1 Å². The summed E-state index contributed by atoms with van der Waals surface area (Å²) < 4.78 is 19.1. The molecule has 1 fully saturated rings. The van der Waals surface area contributed by atoms with Crippen LogP contribution < -0.4 is 5.32 Å². The normalized spacial score (nSPS) is 18.6. The molecule has 5 nitrogen and oxygen atoms in total. The Hall–Kier alpha value is -2.21. The standard InChI is InChI=1S/C15H16FNO4/c16-12-8-10(4-6-14(18)19)3-5-13(12)17-15(20)11-2-1-7-21-9-11/h3-6,8,11H,1-2,7,9H2,(H,17,20)(H,18,19). The Balaban J connectivity index is 2.03. The Bertz CT molecular complexity index is 565. The van der Waals surface area contributed by atoms with E-state index in [4.69, 9.17) is 9.84 Å². The summed E-state index contributed by atoms with van der Waals surface area (Å²) in [6.45, 7) is 1.01. The fourth-order valence-corrected chi connectivity index (χ4v) is 2.09. The van der Waals surface area contributed by atoms with Crippen molar-refractivity contribution in [3.05, 3.63) is 35.7 Å². The van der Waals surface area contributed by atoms with Crippen LogP contribution in [-0.2, 0) is 14.3 Å². The zero-order valence-corrected chi connectivity index (χ0v) is 11.3. The van der Waals surface area contributed by atoms with Gasteiger partial charge in [-0.05, 0) is 36.6 Å². The SMILES string of the molecule is O=C(O)C=Cc1ccc(NC(=O)C2CCCOC2)c(F)c1. The fraction of sp³-hybridized carbons (Fsp3) is 0.333. The number of rotatable bonds is 4. The summed E-state index contributed by atoms with van der Waals surface area (Å²) in [5, 5.41) is 11.1. The molecule has 0 aromatic heterocycles. The number of amides is 1. The second kappa shape index (κ2) is 6.99. The van der Waals surface area contributed by atoms with Gasteiger partial charge in [-0.2, -0.15) is 0 Å². The smallest absolute Gasteiger partial charge is 0.328 e. The molecule has 2 rings (SSSR count). The lowest BCUT2D eigenvalue weighted by Crippen LogP contribution is -2.30. The van der Waals surface area contributed by atoms with E-state index in [-0.39, 0.29) is 17.5 Å². The lowest BCUT2D eigenvalue weighted by molar-refractivity contribution is -0.131. The van der Waals surface area contributed by atoms with Gasteiger partial charge in [-0.3, -0.25) is 4.79 Å². The summed E-state index contributed by atoms with van der Waals surface area (Å²) >= 11 is 0. The van der Waals surface area contributed by atoms with Gasteiger partial charge >= 0.3 is 5.97 Å². The number of aliphatic carboxylic acids is 1. The number of anilines is 1. The van der Waals surface area contributed by atoms with Gasteiger partial charge in [0.25, 0.3) is 0 Å². The van der Waals surface area contributed by atoms with Crippen LogP contribution in [-0.4, -0.2) is 30.2 Å². The highest BCUT2D eigenvalue weighted by atomic mass is 19.1. The third kappa shape index (κ3) is 4.39. The molecule has 1 aliphatic rings. The van der Waals surface area contributed by atoms with Gasteiger partial charge in [0.2, 0.25) is 5.91 Å². The van der Waals surface area contributed by atoms with Crippen LogP contribution in [0.5, 0.6) is 0 Å². The van der Waals surface area contributed by atoms with Crippen LogP contribution in [0.1, 0.15) is 18.4 Å². The van der Waals surface area contributed by atoms with E-state index >= 15 is 0 Å². The van der Waals surface area contributed by atoms with E-state index in [9.17, 15) is 14.0 Å². The summed E-state index contributed by atoms with van der Waals surface area (Å²) in [7, 11) is 0. The number of carboxylic acid groups (broad SMARTS) is 1. The van der Waals surface area contributed by atoms with E-state index in [2.05, 4.69) is 5.32 Å². The summed E-state index contributed by atoms with van der Waals surface area (Å²) in [5.41, 5.74) is 0.493. The second-order valence-electron chi connectivity index (χ2n) is 4.81. The molecular weight excluding hydrogens is 277 g/mol. The van der Waals surface area contributed by atoms with E-state index < -0.39 is 11.8 Å². The minimum Gasteiger partial charge on any atom is -0.478 e. The lowest BCUT2D eigenvalue weighted by atomic mass is 10.0. The minimum absolute atomic E-state index is 0.0815. The van der Waals surface area contributed by atoms with Crippen LogP contribution in [0.25, 0.3) is 6.08 Å². The molecule has 1 aromatic carbocycles. The molecule has 1 amide bonds. The van der Waals surface area contributed by atoms with Crippen molar-refractivity contribution < 1.29 is 23.8 Å². The van der Waals surface area contributed by atoms with Crippen LogP contribution in [0, 0.1) is 11.7 Å². The monoisotopic (exact) mass is 293 g/mol. The fourth-order valence-electron chi connectivity index (χ4n) is 2.09. The minimum atomic E-state index is -1.11. The van der Waals surface area contributed by atoms with Crippen LogP contribution >= 0.6 is 0 Å². The molecule has 1 aliphatic heterocycles. The molecule has 0 radical (unpaired) electrons. The first-order valence-electron chi connectivity index (χ1n) is 6.65. The molecule has 1 heterocycles. The summed E-state index contributed by atoms with van der Waals surface area (Å²) in [4.78, 5) is 22.4. The summed E-state index contributed by atoms with van der Waals surface area (Å²) in [5.74, 6) is -2.23. The maximum atomic E-state index is 13.9. The van der Waals surface area contributed by atoms with Gasteiger partial charge in [0.05, 0.1) is 18.2 Å². The van der Waals surface area contributed by atoms with Gasteiger partial charge in [-0.1, -0.05) is 6.07 Å². The largest absolute Gasteiger partial charge is 0.478 e. The predicted molar refractivity (Wildman–Crippen MR) is 75.2 cm³/mol. The molecule has 1 atom stereocenters. The number of hydrogen-bond acceptors (Lipinski definition) is 3. The number of ether oxygens (including phenoxy) is 1. The van der Waals surface area contributed by atoms with Gasteiger partial charge in [0.1, 0.15) is 5.82 Å². The summed E-state index contributed by atoms with van der Waals surface area (Å²) in [6.07, 6.45) is 3.75. The first-order valence-corrected chi connectivity index (χ1v) is 6.65. The number of carbonyl (C=O) groups is 2. The topological polar surface area (TPSA) is 75.6 Å². The highest BCUT2D eigenvalue weighted by Gasteiger charge is 2.22. The first kappa shape index (κ1) is 15.2. The van der Waals surface area contributed by atoms with Crippen LogP contribution in [0.2, 0.25) is 0 Å². The van der Waals surface area contributed by atoms with Crippen molar-refractivity contribution in [2.24, 2.45) is 5.92 Å². The number of hydrogen-bond donors (Lipinski definition) is 2. The Morgan fingerprint density at radius 2 is 2.24 bits per heavy atom. The van der Waals surface area contributed by atoms with Crippen molar-refractivity contribution >= 4 is 23.6 Å². The van der Waals surface area contributed by atoms with Crippen molar-refractivity contribution in [2.75, 3.05) is 18.5 Å². The van der Waals surface area contributed by atoms with Crippen LogP contribution in [0.15, 0.2) is 24.3 Å². The molecule has 0 aliphatic carbocycles. The molecule has 1 aromatic rings. The maximum Gasteiger partial charge on any atom is 0.328 e. The third-order valence-corrected chi connectivity index (χ3v) is 3.20. The quantitative estimate of drug-likeness (QED) is 0.835. The number of carboxylic acids is 1. The van der Waals surface area contributed by atoms with E-state index in [1.807, 2.05) is 0 Å². The van der Waals surface area contributed by atoms with E-state index in [1.54, 1.807) is 0 Å². The zero-order valence-electron chi connectivity index (χ0n) is 11.3. The Morgan fingerprint density at radius 1 is 1.43 bits per heavy atom. The molecule has 6 heteroatoms. The first-order chi connectivity index (χ1) is 10.1. The van der Waals surface area contributed by atoms with E-state index in [0.717, 1.165) is 18.9 Å². The molecule has 0 bridgehead atoms. The van der Waals surface area contributed by atoms with Crippen molar-refractivity contribution in [3.63, 3.8) is 0 Å². The number of halogens is 1. The van der Waals surface area contributed by atoms with E-state index in [1.165, 1.54) is 24.3 Å². The summed E-state index contributed by atoms with van der Waals surface area (Å²) in [6, 6.07) is 4.13. The molecule has 1 saturated heterocycles. The molecule has 1 unspecified atom stereocenters. The third-order valence-electron chi connectivity index (χ3n) is 3.20. The molecule has 112 valence electrons. The van der Waals surface area contributed by atoms with Gasteiger partial charge in [-0.25, -0.2) is 9.18 Å². The number of nitrogens with one attached hydrogen (secondary N) is 1. The average Bonchev–Trinajstić information content (AvgIpc) is 2.48. The zero-order chi connectivity index (χ0) is 15.2. The average molecular weight is 293 g/mol. The molecular formula is C15H16FNO4. The molecule has 2 N–H and O–H groups in total. The Morgan fingerprint density at radius 3 is 2.86 bits per heavy atom. The predicted octanol–water partition coefficient (Wildman–Crippen LogP) is 2.29. The Labute approximate surface area is 121 Å². The number of benzene rings is 1. The van der Waals surface area contributed by atoms with Crippen molar-refractivity contribution in [3.8, 4) is 0 Å².